The van der Waals surface area contributed by atoms with Gasteiger partial charge in [0.05, 0.1) is 18.4 Å². The smallest absolute Gasteiger partial charge is 0.255 e. The number of amides is 2. The summed E-state index contributed by atoms with van der Waals surface area (Å²) in [6, 6.07) is 13.9. The highest BCUT2D eigenvalue weighted by Gasteiger charge is 2.16. The van der Waals surface area contributed by atoms with Crippen LogP contribution < -0.4 is 15.4 Å². The standard InChI is InChI=1S/C22H28N4O3/c1-25-12-14-26(15-13-25)11-10-23-22(28)19-8-3-4-9-20(19)24-21(27)17-6-5-7-18(16-17)29-2/h3-9,16H,10-15H2,1-2H3,(H,23,28)(H,24,27). The highest BCUT2D eigenvalue weighted by molar-refractivity contribution is 6.09. The Labute approximate surface area is 171 Å². The lowest BCUT2D eigenvalue weighted by molar-refractivity contribution is 0.0942. The van der Waals surface area contributed by atoms with Gasteiger partial charge in [0.15, 0.2) is 0 Å². The largest absolute Gasteiger partial charge is 0.497 e. The molecule has 1 aliphatic heterocycles. The van der Waals surface area contributed by atoms with E-state index in [0.29, 0.717) is 29.1 Å². The molecule has 0 saturated carbocycles. The Kier molecular flexibility index (Phi) is 7.21. The molecule has 1 heterocycles. The number of nitrogens with zero attached hydrogens (tertiary/aromatic N) is 2. The maximum absolute atomic E-state index is 12.7. The van der Waals surface area contributed by atoms with E-state index in [1.165, 1.54) is 0 Å². The Bertz CT molecular complexity index is 847. The number of benzene rings is 2. The molecule has 2 amide bonds. The summed E-state index contributed by atoms with van der Waals surface area (Å²) < 4.78 is 5.17. The van der Waals surface area contributed by atoms with E-state index in [1.807, 2.05) is 0 Å². The Morgan fingerprint density at radius 3 is 2.52 bits per heavy atom. The predicted octanol–water partition coefficient (Wildman–Crippen LogP) is 1.92. The van der Waals surface area contributed by atoms with Gasteiger partial charge in [0.1, 0.15) is 5.75 Å². The van der Waals surface area contributed by atoms with Gasteiger partial charge < -0.3 is 20.3 Å². The van der Waals surface area contributed by atoms with Gasteiger partial charge in [-0.2, -0.15) is 0 Å². The second-order valence-corrected chi connectivity index (χ2v) is 7.13. The van der Waals surface area contributed by atoms with Crippen LogP contribution in [0.2, 0.25) is 0 Å². The summed E-state index contributed by atoms with van der Waals surface area (Å²) in [6.45, 7) is 5.51. The highest BCUT2D eigenvalue weighted by atomic mass is 16.5. The normalized spacial score (nSPS) is 15.0. The van der Waals surface area contributed by atoms with Gasteiger partial charge in [-0.15, -0.1) is 0 Å². The molecule has 2 N–H and O–H groups in total. The Hall–Kier alpha value is -2.90. The molecular formula is C22H28N4O3. The van der Waals surface area contributed by atoms with Gasteiger partial charge in [0.25, 0.3) is 11.8 Å². The van der Waals surface area contributed by atoms with Crippen molar-refractivity contribution >= 4 is 17.5 Å². The fourth-order valence-electron chi connectivity index (χ4n) is 3.24. The average Bonchev–Trinajstić information content (AvgIpc) is 2.75. The molecule has 0 unspecified atom stereocenters. The van der Waals surface area contributed by atoms with Crippen LogP contribution in [-0.4, -0.2) is 75.0 Å². The van der Waals surface area contributed by atoms with E-state index >= 15 is 0 Å². The van der Waals surface area contributed by atoms with Gasteiger partial charge in [-0.05, 0) is 37.4 Å². The van der Waals surface area contributed by atoms with Crippen molar-refractivity contribution in [3.63, 3.8) is 0 Å². The van der Waals surface area contributed by atoms with Crippen LogP contribution in [0.5, 0.6) is 5.75 Å². The number of methoxy groups -OCH3 is 1. The molecule has 3 rings (SSSR count). The number of hydrogen-bond donors (Lipinski definition) is 2. The molecule has 1 fully saturated rings. The molecule has 0 atom stereocenters. The molecule has 0 radical (unpaired) electrons. The maximum atomic E-state index is 12.7. The minimum atomic E-state index is -0.290. The molecule has 0 bridgehead atoms. The van der Waals surface area contributed by atoms with E-state index in [0.717, 1.165) is 32.7 Å². The monoisotopic (exact) mass is 396 g/mol. The summed E-state index contributed by atoms with van der Waals surface area (Å²) in [5.41, 5.74) is 1.40. The zero-order chi connectivity index (χ0) is 20.6. The molecule has 7 heteroatoms. The summed E-state index contributed by atoms with van der Waals surface area (Å²) >= 11 is 0. The predicted molar refractivity (Wildman–Crippen MR) is 114 cm³/mol. The maximum Gasteiger partial charge on any atom is 0.255 e. The van der Waals surface area contributed by atoms with Crippen molar-refractivity contribution in [2.75, 3.05) is 58.7 Å². The third kappa shape index (κ3) is 5.79. The van der Waals surface area contributed by atoms with Crippen LogP contribution in [0.1, 0.15) is 20.7 Å². The molecule has 0 aliphatic carbocycles. The van der Waals surface area contributed by atoms with Crippen LogP contribution in [0.3, 0.4) is 0 Å². The van der Waals surface area contributed by atoms with E-state index in [9.17, 15) is 9.59 Å². The Balaban J connectivity index is 1.59. The minimum Gasteiger partial charge on any atom is -0.497 e. The number of likely N-dealkylation sites (N-methyl/N-ethyl adjacent to an activating group) is 1. The fourth-order valence-corrected chi connectivity index (χ4v) is 3.24. The summed E-state index contributed by atoms with van der Waals surface area (Å²) in [4.78, 5) is 29.9. The minimum absolute atomic E-state index is 0.194. The topological polar surface area (TPSA) is 73.9 Å². The Morgan fingerprint density at radius 1 is 1.00 bits per heavy atom. The van der Waals surface area contributed by atoms with Gasteiger partial charge >= 0.3 is 0 Å². The van der Waals surface area contributed by atoms with E-state index < -0.39 is 0 Å². The molecule has 0 aromatic heterocycles. The lowest BCUT2D eigenvalue weighted by Crippen LogP contribution is -2.46. The first-order valence-electron chi connectivity index (χ1n) is 9.80. The van der Waals surface area contributed by atoms with E-state index in [1.54, 1.807) is 55.6 Å². The second-order valence-electron chi connectivity index (χ2n) is 7.13. The third-order valence-corrected chi connectivity index (χ3v) is 5.06. The van der Waals surface area contributed by atoms with Crippen molar-refractivity contribution in [3.8, 4) is 5.75 Å². The van der Waals surface area contributed by atoms with Crippen LogP contribution in [0.15, 0.2) is 48.5 Å². The van der Waals surface area contributed by atoms with Gasteiger partial charge in [0.2, 0.25) is 0 Å². The van der Waals surface area contributed by atoms with E-state index in [-0.39, 0.29) is 11.8 Å². The van der Waals surface area contributed by atoms with E-state index in [4.69, 9.17) is 4.74 Å². The lowest BCUT2D eigenvalue weighted by Gasteiger charge is -2.32. The van der Waals surface area contributed by atoms with Crippen LogP contribution >= 0.6 is 0 Å². The lowest BCUT2D eigenvalue weighted by atomic mass is 10.1. The van der Waals surface area contributed by atoms with Crippen LogP contribution in [0, 0.1) is 0 Å². The molecule has 154 valence electrons. The number of nitrogens with one attached hydrogen (secondary N) is 2. The third-order valence-electron chi connectivity index (χ3n) is 5.06. The van der Waals surface area contributed by atoms with Crippen molar-refractivity contribution in [2.45, 2.75) is 0 Å². The SMILES string of the molecule is COc1cccc(C(=O)Nc2ccccc2C(=O)NCCN2CCN(C)CC2)c1. The van der Waals surface area contributed by atoms with Crippen LogP contribution in [0.4, 0.5) is 5.69 Å². The van der Waals surface area contributed by atoms with Gasteiger partial charge in [0, 0.05) is 44.8 Å². The van der Waals surface area contributed by atoms with Crippen molar-refractivity contribution in [1.29, 1.82) is 0 Å². The fraction of sp³-hybridized carbons (Fsp3) is 0.364. The summed E-state index contributed by atoms with van der Waals surface area (Å²) in [7, 11) is 3.68. The summed E-state index contributed by atoms with van der Waals surface area (Å²) in [5, 5.41) is 5.80. The Morgan fingerprint density at radius 2 is 1.76 bits per heavy atom. The molecule has 7 nitrogen and oxygen atoms in total. The van der Waals surface area contributed by atoms with Crippen molar-refractivity contribution in [3.05, 3.63) is 59.7 Å². The number of carbonyl (C=O) groups excluding carboxylic acids is 2. The number of carbonyl (C=O) groups is 2. The number of ether oxygens (including phenoxy) is 1. The first kappa shape index (κ1) is 20.8. The number of hydrogen-bond acceptors (Lipinski definition) is 5. The van der Waals surface area contributed by atoms with Crippen LogP contribution in [0.25, 0.3) is 0 Å². The first-order valence-corrected chi connectivity index (χ1v) is 9.80. The number of para-hydroxylation sites is 1. The van der Waals surface area contributed by atoms with E-state index in [2.05, 4.69) is 27.5 Å². The van der Waals surface area contributed by atoms with Gasteiger partial charge in [-0.1, -0.05) is 18.2 Å². The molecule has 0 spiro atoms. The first-order chi connectivity index (χ1) is 14.1. The molecule has 2 aromatic rings. The summed E-state index contributed by atoms with van der Waals surface area (Å²) in [5.74, 6) is 0.120. The average molecular weight is 396 g/mol. The summed E-state index contributed by atoms with van der Waals surface area (Å²) in [6.07, 6.45) is 0. The highest BCUT2D eigenvalue weighted by Crippen LogP contribution is 2.18. The molecule has 2 aromatic carbocycles. The molecule has 1 saturated heterocycles. The number of anilines is 1. The van der Waals surface area contributed by atoms with Gasteiger partial charge in [-0.3, -0.25) is 14.5 Å². The molecule has 29 heavy (non-hydrogen) atoms. The number of piperazine rings is 1. The quantitative estimate of drug-likeness (QED) is 0.748. The van der Waals surface area contributed by atoms with Gasteiger partial charge in [-0.25, -0.2) is 0 Å². The second kappa shape index (κ2) is 10.0. The zero-order valence-corrected chi connectivity index (χ0v) is 17.0. The molecular weight excluding hydrogens is 368 g/mol. The zero-order valence-electron chi connectivity index (χ0n) is 17.0. The molecule has 1 aliphatic rings. The van der Waals surface area contributed by atoms with Crippen LogP contribution in [-0.2, 0) is 0 Å². The van der Waals surface area contributed by atoms with Crippen molar-refractivity contribution in [1.82, 2.24) is 15.1 Å². The number of rotatable bonds is 7. The van der Waals surface area contributed by atoms with Crippen molar-refractivity contribution in [2.24, 2.45) is 0 Å². The van der Waals surface area contributed by atoms with Crippen molar-refractivity contribution < 1.29 is 14.3 Å².